The number of halogens is 2. The van der Waals surface area contributed by atoms with Crippen molar-refractivity contribution in [1.29, 1.82) is 0 Å². The Balaban J connectivity index is 0.00000261. The summed E-state index contributed by atoms with van der Waals surface area (Å²) >= 11 is 7.69. The van der Waals surface area contributed by atoms with Crippen molar-refractivity contribution in [1.82, 2.24) is 20.5 Å². The molecule has 1 fully saturated rings. The normalized spacial score (nSPS) is 15.5. The summed E-state index contributed by atoms with van der Waals surface area (Å²) in [5, 5.41) is 7.84. The Morgan fingerprint density at radius 1 is 1.41 bits per heavy atom. The second-order valence-electron chi connectivity index (χ2n) is 6.43. The van der Waals surface area contributed by atoms with Crippen molar-refractivity contribution < 1.29 is 4.79 Å². The zero-order chi connectivity index (χ0) is 18.5. The van der Waals surface area contributed by atoms with E-state index >= 15 is 0 Å². The molecule has 1 aromatic heterocycles. The Hall–Kier alpha value is -1.13. The van der Waals surface area contributed by atoms with Gasteiger partial charge < -0.3 is 15.5 Å². The van der Waals surface area contributed by atoms with E-state index in [0.29, 0.717) is 23.9 Å². The number of carbonyl (C=O) groups excluding carboxylic acids is 1. The van der Waals surface area contributed by atoms with Crippen molar-refractivity contribution in [3.8, 4) is 0 Å². The number of aliphatic imine (C=N–C) groups is 1. The van der Waals surface area contributed by atoms with Crippen LogP contribution < -0.4 is 10.6 Å². The molecule has 0 unspecified atom stereocenters. The molecule has 27 heavy (non-hydrogen) atoms. The Labute approximate surface area is 185 Å². The molecule has 0 saturated carbocycles. The number of benzene rings is 1. The van der Waals surface area contributed by atoms with Crippen LogP contribution in [0.3, 0.4) is 0 Å². The van der Waals surface area contributed by atoms with E-state index in [1.807, 2.05) is 18.2 Å². The Bertz CT molecular complexity index is 804. The summed E-state index contributed by atoms with van der Waals surface area (Å²) in [4.78, 5) is 22.8. The number of fused-ring (bicyclic) bond motifs is 1. The quantitative estimate of drug-likeness (QED) is 0.367. The average Bonchev–Trinajstić information content (AvgIpc) is 3.05. The molecule has 1 aliphatic rings. The molecule has 3 rings (SSSR count). The lowest BCUT2D eigenvalue weighted by Crippen LogP contribution is -2.45. The lowest BCUT2D eigenvalue weighted by Gasteiger charge is -2.33. The highest BCUT2D eigenvalue weighted by Gasteiger charge is 2.23. The minimum absolute atomic E-state index is 0. The summed E-state index contributed by atoms with van der Waals surface area (Å²) in [5.41, 5.74) is 0.935. The highest BCUT2D eigenvalue weighted by Crippen LogP contribution is 2.25. The van der Waals surface area contributed by atoms with Crippen molar-refractivity contribution in [3.63, 3.8) is 0 Å². The van der Waals surface area contributed by atoms with Crippen molar-refractivity contribution in [2.24, 2.45) is 10.9 Å². The summed E-state index contributed by atoms with van der Waals surface area (Å²) in [6.45, 7) is 2.47. The molecule has 1 saturated heterocycles. The van der Waals surface area contributed by atoms with E-state index in [1.54, 1.807) is 25.4 Å². The molecule has 0 radical (unpaired) electrons. The van der Waals surface area contributed by atoms with Gasteiger partial charge in [-0.1, -0.05) is 11.6 Å². The van der Waals surface area contributed by atoms with Gasteiger partial charge in [0.25, 0.3) is 0 Å². The first-order valence-electron chi connectivity index (χ1n) is 8.80. The molecular weight excluding hydrogens is 497 g/mol. The van der Waals surface area contributed by atoms with Gasteiger partial charge in [-0.05, 0) is 37.0 Å². The van der Waals surface area contributed by atoms with Gasteiger partial charge in [0.15, 0.2) is 5.96 Å². The summed E-state index contributed by atoms with van der Waals surface area (Å²) in [7, 11) is 3.50. The number of rotatable bonds is 4. The standard InChI is InChI=1S/C18H24ClN5OS.HI/c1-20-16(25)9-12-5-7-24(8-6-12)18(21-2)22-11-17-23-14-10-13(19)3-4-15(14)26-17;/h3-4,10,12H,5-9,11H2,1-2H3,(H,20,25)(H,21,22);1H. The van der Waals surface area contributed by atoms with Gasteiger partial charge in [-0.2, -0.15) is 0 Å². The number of guanidine groups is 1. The molecular formula is C18H25ClIN5OS. The zero-order valence-corrected chi connectivity index (χ0v) is 19.4. The van der Waals surface area contributed by atoms with Crippen LogP contribution in [0.25, 0.3) is 10.2 Å². The van der Waals surface area contributed by atoms with Gasteiger partial charge in [0.2, 0.25) is 5.91 Å². The van der Waals surface area contributed by atoms with Gasteiger partial charge in [0.1, 0.15) is 5.01 Å². The first-order chi connectivity index (χ1) is 12.6. The van der Waals surface area contributed by atoms with Gasteiger partial charge >= 0.3 is 0 Å². The number of carbonyl (C=O) groups is 1. The van der Waals surface area contributed by atoms with Gasteiger partial charge in [-0.3, -0.25) is 9.79 Å². The minimum atomic E-state index is 0. The molecule has 0 spiro atoms. The number of thiazole rings is 1. The van der Waals surface area contributed by atoms with E-state index in [0.717, 1.165) is 47.1 Å². The zero-order valence-electron chi connectivity index (χ0n) is 15.5. The fourth-order valence-electron chi connectivity index (χ4n) is 3.22. The maximum Gasteiger partial charge on any atom is 0.220 e. The first kappa shape index (κ1) is 22.2. The van der Waals surface area contributed by atoms with Gasteiger partial charge in [-0.15, -0.1) is 35.3 Å². The topological polar surface area (TPSA) is 69.6 Å². The molecule has 1 amide bonds. The molecule has 2 N–H and O–H groups in total. The Morgan fingerprint density at radius 3 is 2.81 bits per heavy atom. The number of amides is 1. The molecule has 2 aromatic rings. The van der Waals surface area contributed by atoms with E-state index < -0.39 is 0 Å². The second kappa shape index (κ2) is 10.4. The predicted octanol–water partition coefficient (Wildman–Crippen LogP) is 3.49. The highest BCUT2D eigenvalue weighted by molar-refractivity contribution is 14.0. The lowest BCUT2D eigenvalue weighted by molar-refractivity contribution is -0.121. The van der Waals surface area contributed by atoms with Crippen LogP contribution in [-0.4, -0.2) is 48.9 Å². The van der Waals surface area contributed by atoms with E-state index in [9.17, 15) is 4.79 Å². The molecule has 148 valence electrons. The summed E-state index contributed by atoms with van der Waals surface area (Å²) in [6.07, 6.45) is 2.63. The fourth-order valence-corrected chi connectivity index (χ4v) is 4.28. The monoisotopic (exact) mass is 521 g/mol. The van der Waals surface area contributed by atoms with E-state index in [-0.39, 0.29) is 29.9 Å². The number of nitrogens with zero attached hydrogens (tertiary/aromatic N) is 3. The molecule has 0 atom stereocenters. The van der Waals surface area contributed by atoms with Crippen LogP contribution in [0.15, 0.2) is 23.2 Å². The van der Waals surface area contributed by atoms with Crippen LogP contribution in [0, 0.1) is 5.92 Å². The van der Waals surface area contributed by atoms with Crippen molar-refractivity contribution in [2.45, 2.75) is 25.8 Å². The SMILES string of the molecule is CN=C(NCc1nc2cc(Cl)ccc2s1)N1CCC(CC(=O)NC)CC1.I. The van der Waals surface area contributed by atoms with Crippen LogP contribution in [0.5, 0.6) is 0 Å². The maximum absolute atomic E-state index is 11.5. The molecule has 1 aliphatic heterocycles. The van der Waals surface area contributed by atoms with Crippen LogP contribution >= 0.6 is 46.9 Å². The molecule has 1 aromatic carbocycles. The van der Waals surface area contributed by atoms with Crippen molar-refractivity contribution in [2.75, 3.05) is 27.2 Å². The summed E-state index contributed by atoms with van der Waals surface area (Å²) in [5.74, 6) is 1.47. The number of hydrogen-bond acceptors (Lipinski definition) is 4. The third-order valence-corrected chi connectivity index (χ3v) is 5.94. The smallest absolute Gasteiger partial charge is 0.220 e. The molecule has 0 bridgehead atoms. The number of nitrogens with one attached hydrogen (secondary N) is 2. The Morgan fingerprint density at radius 2 is 2.15 bits per heavy atom. The number of aromatic nitrogens is 1. The number of likely N-dealkylation sites (tertiary alicyclic amines) is 1. The summed E-state index contributed by atoms with van der Waals surface area (Å²) in [6, 6.07) is 5.79. The van der Waals surface area contributed by atoms with E-state index in [2.05, 4.69) is 25.5 Å². The van der Waals surface area contributed by atoms with Crippen LogP contribution in [-0.2, 0) is 11.3 Å². The van der Waals surface area contributed by atoms with Crippen molar-refractivity contribution >= 4 is 69.0 Å². The average molecular weight is 522 g/mol. The fraction of sp³-hybridized carbons (Fsp3) is 0.500. The van der Waals surface area contributed by atoms with Gasteiger partial charge in [0, 0.05) is 38.6 Å². The molecule has 9 heteroatoms. The van der Waals surface area contributed by atoms with E-state index in [4.69, 9.17) is 11.6 Å². The largest absolute Gasteiger partial charge is 0.359 e. The van der Waals surface area contributed by atoms with E-state index in [1.165, 1.54) is 0 Å². The van der Waals surface area contributed by atoms with Crippen molar-refractivity contribution in [3.05, 3.63) is 28.2 Å². The van der Waals surface area contributed by atoms with Crippen LogP contribution in [0.1, 0.15) is 24.3 Å². The van der Waals surface area contributed by atoms with Gasteiger partial charge in [-0.25, -0.2) is 4.98 Å². The minimum Gasteiger partial charge on any atom is -0.359 e. The van der Waals surface area contributed by atoms with Crippen LogP contribution in [0.4, 0.5) is 0 Å². The number of piperidine rings is 1. The predicted molar refractivity (Wildman–Crippen MR) is 123 cm³/mol. The molecule has 6 nitrogen and oxygen atoms in total. The highest BCUT2D eigenvalue weighted by atomic mass is 127. The molecule has 2 heterocycles. The lowest BCUT2D eigenvalue weighted by atomic mass is 9.93. The second-order valence-corrected chi connectivity index (χ2v) is 7.98. The Kier molecular flexibility index (Phi) is 8.56. The van der Waals surface area contributed by atoms with Crippen LogP contribution in [0.2, 0.25) is 5.02 Å². The van der Waals surface area contributed by atoms with Gasteiger partial charge in [0.05, 0.1) is 16.8 Å². The molecule has 0 aliphatic carbocycles. The first-order valence-corrected chi connectivity index (χ1v) is 9.99. The summed E-state index contributed by atoms with van der Waals surface area (Å²) < 4.78 is 1.14. The maximum atomic E-state index is 11.5. The number of hydrogen-bond donors (Lipinski definition) is 2. The third-order valence-electron chi connectivity index (χ3n) is 4.67. The third kappa shape index (κ3) is 5.92.